The van der Waals surface area contributed by atoms with Gasteiger partial charge in [-0.05, 0) is 24.1 Å². The Morgan fingerprint density at radius 3 is 2.91 bits per heavy atom. The smallest absolute Gasteiger partial charge is 0.260 e. The number of para-hydroxylation sites is 1. The zero-order valence-corrected chi connectivity index (χ0v) is 12.7. The molecule has 2 aromatic rings. The van der Waals surface area contributed by atoms with Gasteiger partial charge in [0.25, 0.3) is 5.91 Å². The van der Waals surface area contributed by atoms with Gasteiger partial charge in [-0.25, -0.2) is 0 Å². The first kappa shape index (κ1) is 14.4. The highest BCUT2D eigenvalue weighted by molar-refractivity contribution is 7.16. The van der Waals surface area contributed by atoms with E-state index in [0.29, 0.717) is 35.8 Å². The van der Waals surface area contributed by atoms with Gasteiger partial charge < -0.3 is 15.4 Å². The van der Waals surface area contributed by atoms with Crippen LogP contribution >= 0.6 is 11.3 Å². The monoisotopic (exact) mass is 313 g/mol. The number of amides is 1. The molecule has 3 rings (SSSR count). The van der Waals surface area contributed by atoms with Crippen LogP contribution in [0.3, 0.4) is 0 Å². The third-order valence-electron chi connectivity index (χ3n) is 3.65. The summed E-state index contributed by atoms with van der Waals surface area (Å²) in [6.07, 6.45) is 0.670. The molecule has 1 aromatic carbocycles. The molecule has 22 heavy (non-hydrogen) atoms. The molecule has 1 aromatic heterocycles. The van der Waals surface area contributed by atoms with Crippen molar-refractivity contribution in [1.82, 2.24) is 4.90 Å². The van der Waals surface area contributed by atoms with Gasteiger partial charge in [-0.15, -0.1) is 11.3 Å². The van der Waals surface area contributed by atoms with E-state index < -0.39 is 0 Å². The van der Waals surface area contributed by atoms with Crippen molar-refractivity contribution in [2.75, 3.05) is 18.9 Å². The largest absolute Gasteiger partial charge is 0.484 e. The third-order valence-corrected chi connectivity index (χ3v) is 4.70. The first-order chi connectivity index (χ1) is 10.7. The van der Waals surface area contributed by atoms with Gasteiger partial charge in [0.15, 0.2) is 6.61 Å². The molecule has 0 saturated carbocycles. The Labute approximate surface area is 132 Å². The predicted molar refractivity (Wildman–Crippen MR) is 84.5 cm³/mol. The summed E-state index contributed by atoms with van der Waals surface area (Å²) < 4.78 is 5.49. The number of nitrogens with zero attached hydrogens (tertiary/aromatic N) is 2. The fourth-order valence-corrected chi connectivity index (χ4v) is 3.60. The normalized spacial score (nSPS) is 13.3. The van der Waals surface area contributed by atoms with E-state index in [1.807, 2.05) is 30.3 Å². The molecule has 1 aliphatic rings. The van der Waals surface area contributed by atoms with Crippen LogP contribution in [0.4, 0.5) is 5.00 Å². The average Bonchev–Trinajstić information content (AvgIpc) is 2.87. The maximum atomic E-state index is 12.3. The molecule has 0 spiro atoms. The Bertz CT molecular complexity index is 734. The van der Waals surface area contributed by atoms with Crippen LogP contribution in [0.2, 0.25) is 0 Å². The lowest BCUT2D eigenvalue weighted by atomic mass is 10.0. The Balaban J connectivity index is 1.64. The van der Waals surface area contributed by atoms with E-state index in [-0.39, 0.29) is 12.5 Å². The molecule has 0 saturated heterocycles. The Morgan fingerprint density at radius 1 is 1.41 bits per heavy atom. The summed E-state index contributed by atoms with van der Waals surface area (Å²) in [5.41, 5.74) is 7.43. The van der Waals surface area contributed by atoms with Crippen LogP contribution in [-0.2, 0) is 17.8 Å². The lowest BCUT2D eigenvalue weighted by Crippen LogP contribution is -2.38. The maximum Gasteiger partial charge on any atom is 0.260 e. The molecule has 0 aliphatic carbocycles. The number of benzene rings is 1. The van der Waals surface area contributed by atoms with Crippen molar-refractivity contribution in [2.45, 2.75) is 13.0 Å². The third kappa shape index (κ3) is 2.76. The summed E-state index contributed by atoms with van der Waals surface area (Å²) in [4.78, 5) is 15.0. The zero-order chi connectivity index (χ0) is 15.5. The number of thiophene rings is 1. The summed E-state index contributed by atoms with van der Waals surface area (Å²) in [6.45, 7) is 1.11. The van der Waals surface area contributed by atoms with Crippen LogP contribution < -0.4 is 10.5 Å². The van der Waals surface area contributed by atoms with Crippen molar-refractivity contribution in [1.29, 1.82) is 5.26 Å². The van der Waals surface area contributed by atoms with E-state index in [9.17, 15) is 4.79 Å². The second kappa shape index (κ2) is 6.08. The van der Waals surface area contributed by atoms with Gasteiger partial charge in [0, 0.05) is 11.4 Å². The van der Waals surface area contributed by atoms with Crippen molar-refractivity contribution in [3.8, 4) is 11.8 Å². The van der Waals surface area contributed by atoms with E-state index in [1.54, 1.807) is 4.90 Å². The summed E-state index contributed by atoms with van der Waals surface area (Å²) >= 11 is 1.40. The Kier molecular flexibility index (Phi) is 3.98. The molecule has 5 nitrogen and oxygen atoms in total. The first-order valence-corrected chi connectivity index (χ1v) is 7.76. The van der Waals surface area contributed by atoms with Crippen molar-refractivity contribution < 1.29 is 9.53 Å². The predicted octanol–water partition coefficient (Wildman–Crippen LogP) is 2.17. The van der Waals surface area contributed by atoms with Crippen molar-refractivity contribution in [2.24, 2.45) is 0 Å². The quantitative estimate of drug-likeness (QED) is 0.942. The highest BCUT2D eigenvalue weighted by Gasteiger charge is 2.26. The second-order valence-electron chi connectivity index (χ2n) is 5.02. The van der Waals surface area contributed by atoms with Crippen LogP contribution in [0.25, 0.3) is 0 Å². The van der Waals surface area contributed by atoms with Gasteiger partial charge in [-0.2, -0.15) is 5.26 Å². The van der Waals surface area contributed by atoms with Gasteiger partial charge >= 0.3 is 0 Å². The molecule has 0 radical (unpaired) electrons. The maximum absolute atomic E-state index is 12.3. The fourth-order valence-electron chi connectivity index (χ4n) is 2.51. The first-order valence-electron chi connectivity index (χ1n) is 6.94. The van der Waals surface area contributed by atoms with E-state index in [4.69, 9.17) is 15.7 Å². The number of hydrogen-bond acceptors (Lipinski definition) is 5. The number of rotatable bonds is 3. The molecule has 2 heterocycles. The lowest BCUT2D eigenvalue weighted by molar-refractivity contribution is -0.134. The van der Waals surface area contributed by atoms with Crippen LogP contribution in [0.1, 0.15) is 16.0 Å². The molecule has 1 amide bonds. The number of nitrogen functional groups attached to an aromatic ring is 1. The highest BCUT2D eigenvalue weighted by atomic mass is 32.1. The van der Waals surface area contributed by atoms with Crippen LogP contribution in [0.5, 0.6) is 5.75 Å². The number of ether oxygens (including phenoxy) is 1. The number of nitrogens with two attached hydrogens (primary N) is 1. The van der Waals surface area contributed by atoms with Gasteiger partial charge in [-0.3, -0.25) is 4.79 Å². The molecule has 0 atom stereocenters. The highest BCUT2D eigenvalue weighted by Crippen LogP contribution is 2.34. The minimum absolute atomic E-state index is 0.0192. The zero-order valence-electron chi connectivity index (χ0n) is 11.9. The molecule has 2 N–H and O–H groups in total. The molecule has 0 unspecified atom stereocenters. The number of hydrogen-bond donors (Lipinski definition) is 1. The average molecular weight is 313 g/mol. The Hall–Kier alpha value is -2.52. The number of anilines is 1. The van der Waals surface area contributed by atoms with Gasteiger partial charge in [0.2, 0.25) is 0 Å². The number of carbonyl (C=O) groups excluding carboxylic acids is 1. The number of fused-ring (bicyclic) bond motifs is 1. The van der Waals surface area contributed by atoms with Crippen LogP contribution in [0.15, 0.2) is 30.3 Å². The molecule has 6 heteroatoms. The van der Waals surface area contributed by atoms with E-state index in [2.05, 4.69) is 6.07 Å². The van der Waals surface area contributed by atoms with Crippen LogP contribution in [0, 0.1) is 11.3 Å². The standard InChI is InChI=1S/C16H15N3O2S/c17-8-13-12-6-7-19(9-14(12)22-16(13)18)15(20)10-21-11-4-2-1-3-5-11/h1-5H,6-7,9-10,18H2. The number of carbonyl (C=O) groups is 1. The van der Waals surface area contributed by atoms with E-state index in [1.165, 1.54) is 11.3 Å². The number of nitriles is 1. The minimum atomic E-state index is -0.0556. The van der Waals surface area contributed by atoms with Crippen molar-refractivity contribution in [3.63, 3.8) is 0 Å². The van der Waals surface area contributed by atoms with E-state index in [0.717, 1.165) is 10.4 Å². The van der Waals surface area contributed by atoms with Crippen molar-refractivity contribution >= 4 is 22.2 Å². The molecule has 0 bridgehead atoms. The minimum Gasteiger partial charge on any atom is -0.484 e. The Morgan fingerprint density at radius 2 is 2.18 bits per heavy atom. The van der Waals surface area contributed by atoms with Crippen molar-refractivity contribution in [3.05, 3.63) is 46.3 Å². The van der Waals surface area contributed by atoms with Gasteiger partial charge in [0.05, 0.1) is 12.1 Å². The SMILES string of the molecule is N#Cc1c(N)sc2c1CCN(C(=O)COc1ccccc1)C2. The molecule has 1 aliphatic heterocycles. The lowest BCUT2D eigenvalue weighted by Gasteiger charge is -2.27. The summed E-state index contributed by atoms with van der Waals surface area (Å²) in [5, 5.41) is 9.67. The summed E-state index contributed by atoms with van der Waals surface area (Å²) in [5.74, 6) is 0.626. The molecule has 0 fully saturated rings. The molecule has 112 valence electrons. The fraction of sp³-hybridized carbons (Fsp3) is 0.250. The van der Waals surface area contributed by atoms with Gasteiger partial charge in [-0.1, -0.05) is 18.2 Å². The van der Waals surface area contributed by atoms with E-state index >= 15 is 0 Å². The molecular weight excluding hydrogens is 298 g/mol. The second-order valence-corrected chi connectivity index (χ2v) is 6.16. The summed E-state index contributed by atoms with van der Waals surface area (Å²) in [7, 11) is 0. The molecular formula is C16H15N3O2S. The topological polar surface area (TPSA) is 79.4 Å². The summed E-state index contributed by atoms with van der Waals surface area (Å²) in [6, 6.07) is 11.4. The van der Waals surface area contributed by atoms with Gasteiger partial charge in [0.1, 0.15) is 16.8 Å². The van der Waals surface area contributed by atoms with Crippen LogP contribution in [-0.4, -0.2) is 24.0 Å².